The van der Waals surface area contributed by atoms with Crippen molar-refractivity contribution in [3.8, 4) is 0 Å². The van der Waals surface area contributed by atoms with Crippen molar-refractivity contribution in [3.05, 3.63) is 64.4 Å². The summed E-state index contributed by atoms with van der Waals surface area (Å²) in [5, 5.41) is 12.8. The van der Waals surface area contributed by atoms with Crippen LogP contribution in [0.15, 0.2) is 36.4 Å². The quantitative estimate of drug-likeness (QED) is 0.897. The van der Waals surface area contributed by atoms with Gasteiger partial charge >= 0.3 is 0 Å². The smallest absolute Gasteiger partial charge is 0.159 e. The second-order valence-corrected chi connectivity index (χ2v) is 4.63. The summed E-state index contributed by atoms with van der Waals surface area (Å²) in [5.74, 6) is -2.59. The van der Waals surface area contributed by atoms with Crippen LogP contribution >= 0.6 is 11.6 Å². The van der Waals surface area contributed by atoms with E-state index in [1.54, 1.807) is 0 Å². The second kappa shape index (κ2) is 6.15. The molecule has 2 N–H and O–H groups in total. The van der Waals surface area contributed by atoms with Gasteiger partial charge in [0.2, 0.25) is 0 Å². The number of benzene rings is 2. The van der Waals surface area contributed by atoms with E-state index < -0.39 is 23.6 Å². The monoisotopic (exact) mass is 301 g/mol. The lowest BCUT2D eigenvalue weighted by Gasteiger charge is -2.14. The van der Waals surface area contributed by atoms with E-state index >= 15 is 0 Å². The first kappa shape index (κ1) is 14.7. The summed E-state index contributed by atoms with van der Waals surface area (Å²) in [6, 6.07) is 7.15. The first-order valence-electron chi connectivity index (χ1n) is 5.79. The molecule has 0 fully saturated rings. The predicted molar refractivity (Wildman–Crippen MR) is 71.2 cm³/mol. The molecule has 1 atom stereocenters. The molecule has 0 aliphatic heterocycles. The minimum absolute atomic E-state index is 0.0520. The minimum Gasteiger partial charge on any atom is -0.387 e. The molecule has 20 heavy (non-hydrogen) atoms. The Kier molecular flexibility index (Phi) is 4.52. The topological polar surface area (TPSA) is 32.3 Å². The first-order chi connectivity index (χ1) is 9.47. The Morgan fingerprint density at radius 3 is 2.40 bits per heavy atom. The van der Waals surface area contributed by atoms with Gasteiger partial charge in [-0.25, -0.2) is 13.2 Å². The zero-order valence-corrected chi connectivity index (χ0v) is 11.0. The lowest BCUT2D eigenvalue weighted by Crippen LogP contribution is -2.13. The third kappa shape index (κ3) is 3.43. The molecule has 0 amide bonds. The molecule has 2 nitrogen and oxygen atoms in total. The van der Waals surface area contributed by atoms with Crippen LogP contribution in [-0.2, 0) is 0 Å². The van der Waals surface area contributed by atoms with Crippen LogP contribution in [0.2, 0.25) is 5.02 Å². The highest BCUT2D eigenvalue weighted by Crippen LogP contribution is 2.21. The summed E-state index contributed by atoms with van der Waals surface area (Å²) < 4.78 is 39.3. The normalized spacial score (nSPS) is 12.2. The fourth-order valence-electron chi connectivity index (χ4n) is 1.68. The molecule has 0 saturated carbocycles. The van der Waals surface area contributed by atoms with E-state index in [4.69, 9.17) is 11.6 Å². The van der Waals surface area contributed by atoms with Crippen molar-refractivity contribution in [2.45, 2.75) is 6.10 Å². The van der Waals surface area contributed by atoms with Gasteiger partial charge in [0.1, 0.15) is 5.82 Å². The summed E-state index contributed by atoms with van der Waals surface area (Å²) in [6.07, 6.45) is -1.10. The van der Waals surface area contributed by atoms with Gasteiger partial charge in [-0.2, -0.15) is 0 Å². The molecule has 1 unspecified atom stereocenters. The van der Waals surface area contributed by atoms with Gasteiger partial charge in [0.15, 0.2) is 11.6 Å². The van der Waals surface area contributed by atoms with Crippen molar-refractivity contribution in [1.82, 2.24) is 0 Å². The molecule has 2 aromatic rings. The van der Waals surface area contributed by atoms with Crippen molar-refractivity contribution in [2.24, 2.45) is 0 Å². The molecule has 0 aliphatic rings. The van der Waals surface area contributed by atoms with E-state index in [0.717, 1.165) is 18.2 Å². The Morgan fingerprint density at radius 2 is 1.75 bits per heavy atom. The number of aliphatic hydroxyl groups excluding tert-OH is 1. The number of hydrogen-bond acceptors (Lipinski definition) is 2. The molecule has 2 aromatic carbocycles. The summed E-state index contributed by atoms with van der Waals surface area (Å²) in [4.78, 5) is 0. The van der Waals surface area contributed by atoms with Crippen LogP contribution in [0, 0.1) is 17.5 Å². The number of aliphatic hydroxyl groups is 1. The zero-order valence-electron chi connectivity index (χ0n) is 10.2. The van der Waals surface area contributed by atoms with Crippen LogP contribution in [0.4, 0.5) is 18.9 Å². The second-order valence-electron chi connectivity index (χ2n) is 4.19. The summed E-state index contributed by atoms with van der Waals surface area (Å²) in [6.45, 7) is -0.0520. The third-order valence-corrected chi connectivity index (χ3v) is 2.98. The molecule has 0 spiro atoms. The fraction of sp³-hybridized carbons (Fsp3) is 0.143. The van der Waals surface area contributed by atoms with Crippen molar-refractivity contribution in [3.63, 3.8) is 0 Å². The summed E-state index contributed by atoms with van der Waals surface area (Å²) in [7, 11) is 0. The third-order valence-electron chi connectivity index (χ3n) is 2.75. The van der Waals surface area contributed by atoms with Gasteiger partial charge in [-0.15, -0.1) is 0 Å². The largest absolute Gasteiger partial charge is 0.387 e. The van der Waals surface area contributed by atoms with Crippen molar-refractivity contribution in [1.29, 1.82) is 0 Å². The van der Waals surface area contributed by atoms with Crippen LogP contribution < -0.4 is 5.32 Å². The standard InChI is InChI=1S/C14H11ClF3NO/c15-9-2-4-13(12(18)6-9)19-7-14(20)8-1-3-10(16)11(17)5-8/h1-6,14,19-20H,7H2. The zero-order chi connectivity index (χ0) is 14.7. The van der Waals surface area contributed by atoms with E-state index in [9.17, 15) is 18.3 Å². The van der Waals surface area contributed by atoms with Gasteiger partial charge in [-0.05, 0) is 35.9 Å². The number of anilines is 1. The molecular weight excluding hydrogens is 291 g/mol. The van der Waals surface area contributed by atoms with Gasteiger partial charge in [-0.1, -0.05) is 17.7 Å². The van der Waals surface area contributed by atoms with Crippen molar-refractivity contribution < 1.29 is 18.3 Å². The maximum Gasteiger partial charge on any atom is 0.159 e. The van der Waals surface area contributed by atoms with E-state index in [1.165, 1.54) is 18.2 Å². The molecule has 0 saturated heterocycles. The number of hydrogen-bond donors (Lipinski definition) is 2. The number of nitrogens with one attached hydrogen (secondary N) is 1. The first-order valence-corrected chi connectivity index (χ1v) is 6.17. The average molecular weight is 302 g/mol. The van der Waals surface area contributed by atoms with E-state index in [-0.39, 0.29) is 22.8 Å². The Labute approximate surface area is 118 Å². The van der Waals surface area contributed by atoms with Crippen LogP contribution in [0.1, 0.15) is 11.7 Å². The molecule has 6 heteroatoms. The van der Waals surface area contributed by atoms with Crippen LogP contribution in [0.3, 0.4) is 0 Å². The number of rotatable bonds is 4. The molecule has 0 bridgehead atoms. The fourth-order valence-corrected chi connectivity index (χ4v) is 1.84. The van der Waals surface area contributed by atoms with Crippen LogP contribution in [-0.4, -0.2) is 11.7 Å². The van der Waals surface area contributed by atoms with Crippen molar-refractivity contribution >= 4 is 17.3 Å². The van der Waals surface area contributed by atoms with Crippen molar-refractivity contribution in [2.75, 3.05) is 11.9 Å². The summed E-state index contributed by atoms with van der Waals surface area (Å²) >= 11 is 5.61. The Bertz CT molecular complexity index is 621. The van der Waals surface area contributed by atoms with Gasteiger partial charge in [0.25, 0.3) is 0 Å². The molecule has 0 heterocycles. The molecular formula is C14H11ClF3NO. The molecule has 106 valence electrons. The van der Waals surface area contributed by atoms with Gasteiger partial charge in [0.05, 0.1) is 11.8 Å². The summed E-state index contributed by atoms with van der Waals surface area (Å²) in [5.41, 5.74) is 0.363. The lowest BCUT2D eigenvalue weighted by atomic mass is 10.1. The SMILES string of the molecule is OC(CNc1ccc(Cl)cc1F)c1ccc(F)c(F)c1. The van der Waals surface area contributed by atoms with E-state index in [0.29, 0.717) is 0 Å². The Morgan fingerprint density at radius 1 is 1.00 bits per heavy atom. The van der Waals surface area contributed by atoms with Crippen LogP contribution in [0.5, 0.6) is 0 Å². The molecule has 0 aliphatic carbocycles. The average Bonchev–Trinajstić information content (AvgIpc) is 2.40. The Balaban J connectivity index is 2.04. The Hall–Kier alpha value is -1.72. The van der Waals surface area contributed by atoms with E-state index in [2.05, 4.69) is 5.32 Å². The molecule has 0 aromatic heterocycles. The molecule has 0 radical (unpaired) electrons. The van der Waals surface area contributed by atoms with E-state index in [1.807, 2.05) is 0 Å². The number of halogens is 4. The highest BCUT2D eigenvalue weighted by atomic mass is 35.5. The highest BCUT2D eigenvalue weighted by molar-refractivity contribution is 6.30. The molecule has 2 rings (SSSR count). The maximum absolute atomic E-state index is 13.5. The lowest BCUT2D eigenvalue weighted by molar-refractivity contribution is 0.191. The highest BCUT2D eigenvalue weighted by Gasteiger charge is 2.12. The van der Waals surface area contributed by atoms with Crippen LogP contribution in [0.25, 0.3) is 0 Å². The predicted octanol–water partition coefficient (Wildman–Crippen LogP) is 3.90. The van der Waals surface area contributed by atoms with Gasteiger partial charge < -0.3 is 10.4 Å². The minimum atomic E-state index is -1.10. The van der Waals surface area contributed by atoms with Gasteiger partial charge in [-0.3, -0.25) is 0 Å². The van der Waals surface area contributed by atoms with Gasteiger partial charge in [0, 0.05) is 11.6 Å². The maximum atomic E-state index is 13.5.